The molecule has 1 N–H and O–H groups in total. The molecule has 5 rings (SSSR count). The number of aromatic nitrogens is 4. The SMILES string of the molecule is COC(=O)Cn1cnc2c(NCc3ccc(C)cc3)nc(N3CCN(C(=O)CCC4CCCC4)CC3)nc21. The number of aryl methyl sites for hydroxylation is 1. The zero-order chi connectivity index (χ0) is 26.5. The van der Waals surface area contributed by atoms with Gasteiger partial charge in [-0.05, 0) is 24.8 Å². The zero-order valence-electron chi connectivity index (χ0n) is 22.4. The second-order valence-electron chi connectivity index (χ2n) is 10.4. The van der Waals surface area contributed by atoms with E-state index in [-0.39, 0.29) is 18.4 Å². The number of esters is 1. The van der Waals surface area contributed by atoms with Crippen LogP contribution in [-0.2, 0) is 27.4 Å². The van der Waals surface area contributed by atoms with Crippen molar-refractivity contribution in [2.75, 3.05) is 43.5 Å². The number of piperazine rings is 1. The normalized spacial score (nSPS) is 16.3. The standard InChI is InChI=1S/C28H37N7O3/c1-20-7-9-22(10-8-20)17-29-26-25-27(35(19-30-25)18-24(37)38-2)32-28(31-26)34-15-13-33(14-16-34)23(36)12-11-21-5-3-4-6-21/h7-10,19,21H,3-6,11-18H2,1-2H3,(H,29,31,32). The zero-order valence-corrected chi connectivity index (χ0v) is 22.4. The number of carbonyl (C=O) groups is 2. The summed E-state index contributed by atoms with van der Waals surface area (Å²) in [5, 5.41) is 3.42. The van der Waals surface area contributed by atoms with E-state index in [1.54, 1.807) is 10.9 Å². The van der Waals surface area contributed by atoms with Gasteiger partial charge in [-0.15, -0.1) is 0 Å². The molecule has 0 atom stereocenters. The Morgan fingerprint density at radius 1 is 1.05 bits per heavy atom. The van der Waals surface area contributed by atoms with Crippen LogP contribution < -0.4 is 10.2 Å². The molecule has 1 saturated carbocycles. The summed E-state index contributed by atoms with van der Waals surface area (Å²) in [6.45, 7) is 5.28. The lowest BCUT2D eigenvalue weighted by molar-refractivity contribution is -0.141. The lowest BCUT2D eigenvalue weighted by atomic mass is 10.0. The number of hydrogen-bond acceptors (Lipinski definition) is 8. The van der Waals surface area contributed by atoms with Crippen molar-refractivity contribution in [1.82, 2.24) is 24.4 Å². The van der Waals surface area contributed by atoms with Gasteiger partial charge in [0.25, 0.3) is 0 Å². The molecule has 1 saturated heterocycles. The van der Waals surface area contributed by atoms with Crippen molar-refractivity contribution in [2.24, 2.45) is 5.92 Å². The van der Waals surface area contributed by atoms with Gasteiger partial charge in [0.1, 0.15) is 6.54 Å². The van der Waals surface area contributed by atoms with Crippen LogP contribution in [0.4, 0.5) is 11.8 Å². The van der Waals surface area contributed by atoms with Crippen molar-refractivity contribution in [2.45, 2.75) is 58.5 Å². The number of benzene rings is 1. The minimum Gasteiger partial charge on any atom is -0.468 e. The number of anilines is 2. The van der Waals surface area contributed by atoms with Crippen molar-refractivity contribution >= 4 is 34.8 Å². The first-order valence-electron chi connectivity index (χ1n) is 13.6. The molecule has 1 aromatic carbocycles. The van der Waals surface area contributed by atoms with E-state index in [1.807, 2.05) is 4.90 Å². The van der Waals surface area contributed by atoms with E-state index in [2.05, 4.69) is 46.4 Å². The summed E-state index contributed by atoms with van der Waals surface area (Å²) >= 11 is 0. The number of nitrogens with zero attached hydrogens (tertiary/aromatic N) is 6. The van der Waals surface area contributed by atoms with Gasteiger partial charge in [0, 0.05) is 39.1 Å². The van der Waals surface area contributed by atoms with E-state index in [0.29, 0.717) is 62.1 Å². The molecular formula is C28H37N7O3. The Morgan fingerprint density at radius 2 is 1.79 bits per heavy atom. The van der Waals surface area contributed by atoms with E-state index in [1.165, 1.54) is 38.4 Å². The number of nitrogens with one attached hydrogen (secondary N) is 1. The topological polar surface area (TPSA) is 105 Å². The first-order valence-corrected chi connectivity index (χ1v) is 13.6. The van der Waals surface area contributed by atoms with Gasteiger partial charge >= 0.3 is 5.97 Å². The molecule has 2 fully saturated rings. The molecule has 2 aliphatic rings. The van der Waals surface area contributed by atoms with Crippen molar-refractivity contribution in [1.29, 1.82) is 0 Å². The predicted octanol–water partition coefficient (Wildman–Crippen LogP) is 3.54. The summed E-state index contributed by atoms with van der Waals surface area (Å²) in [6, 6.07) is 8.33. The molecule has 0 spiro atoms. The summed E-state index contributed by atoms with van der Waals surface area (Å²) in [7, 11) is 1.37. The van der Waals surface area contributed by atoms with Gasteiger partial charge in [0.15, 0.2) is 17.0 Å². The molecule has 2 aromatic heterocycles. The maximum atomic E-state index is 12.8. The van der Waals surface area contributed by atoms with Gasteiger partial charge in [-0.25, -0.2) is 4.98 Å². The van der Waals surface area contributed by atoms with E-state index in [4.69, 9.17) is 14.7 Å². The van der Waals surface area contributed by atoms with Crippen molar-refractivity contribution < 1.29 is 14.3 Å². The monoisotopic (exact) mass is 519 g/mol. The van der Waals surface area contributed by atoms with Crippen LogP contribution in [0.25, 0.3) is 11.2 Å². The average molecular weight is 520 g/mol. The number of hydrogen-bond donors (Lipinski definition) is 1. The third kappa shape index (κ3) is 6.06. The summed E-state index contributed by atoms with van der Waals surface area (Å²) < 4.78 is 6.54. The summed E-state index contributed by atoms with van der Waals surface area (Å²) in [6.07, 6.45) is 8.41. The molecule has 3 aromatic rings. The van der Waals surface area contributed by atoms with Crippen LogP contribution >= 0.6 is 0 Å². The Bertz CT molecular complexity index is 1260. The fourth-order valence-electron chi connectivity index (χ4n) is 5.35. The number of carbonyl (C=O) groups excluding carboxylic acids is 2. The van der Waals surface area contributed by atoms with Crippen LogP contribution in [0.15, 0.2) is 30.6 Å². The van der Waals surface area contributed by atoms with E-state index in [0.717, 1.165) is 17.9 Å². The lowest BCUT2D eigenvalue weighted by Gasteiger charge is -2.35. The highest BCUT2D eigenvalue weighted by Crippen LogP contribution is 2.29. The molecule has 10 nitrogen and oxygen atoms in total. The summed E-state index contributed by atoms with van der Waals surface area (Å²) in [4.78, 5) is 43.0. The van der Waals surface area contributed by atoms with E-state index < -0.39 is 0 Å². The fraction of sp³-hybridized carbons (Fsp3) is 0.536. The van der Waals surface area contributed by atoms with Gasteiger partial charge in [-0.2, -0.15) is 9.97 Å². The minimum absolute atomic E-state index is 0.0180. The smallest absolute Gasteiger partial charge is 0.325 e. The van der Waals surface area contributed by atoms with Crippen LogP contribution in [0.5, 0.6) is 0 Å². The maximum absolute atomic E-state index is 12.8. The Morgan fingerprint density at radius 3 is 2.50 bits per heavy atom. The molecular weight excluding hydrogens is 482 g/mol. The second-order valence-corrected chi connectivity index (χ2v) is 10.4. The van der Waals surface area contributed by atoms with Crippen molar-refractivity contribution in [3.8, 4) is 0 Å². The van der Waals surface area contributed by atoms with Gasteiger partial charge in [-0.1, -0.05) is 55.5 Å². The van der Waals surface area contributed by atoms with Gasteiger partial charge in [-0.3, -0.25) is 9.59 Å². The van der Waals surface area contributed by atoms with Crippen molar-refractivity contribution in [3.63, 3.8) is 0 Å². The number of fused-ring (bicyclic) bond motifs is 1. The quantitative estimate of drug-likeness (QED) is 0.428. The number of methoxy groups -OCH3 is 1. The first kappa shape index (κ1) is 25.9. The first-order chi connectivity index (χ1) is 18.5. The van der Waals surface area contributed by atoms with Crippen LogP contribution in [0.1, 0.15) is 49.7 Å². The molecule has 1 amide bonds. The molecule has 202 valence electrons. The Labute approximate surface area is 223 Å². The Kier molecular flexibility index (Phi) is 8.05. The largest absolute Gasteiger partial charge is 0.468 e. The summed E-state index contributed by atoms with van der Waals surface area (Å²) in [5.74, 6) is 1.78. The molecule has 10 heteroatoms. The van der Waals surface area contributed by atoms with Gasteiger partial charge < -0.3 is 24.4 Å². The highest BCUT2D eigenvalue weighted by Gasteiger charge is 2.25. The molecule has 0 unspecified atom stereocenters. The molecule has 1 aliphatic heterocycles. The van der Waals surface area contributed by atoms with Crippen LogP contribution in [0.3, 0.4) is 0 Å². The van der Waals surface area contributed by atoms with Crippen LogP contribution in [-0.4, -0.2) is 69.6 Å². The number of rotatable bonds is 9. The van der Waals surface area contributed by atoms with Crippen LogP contribution in [0.2, 0.25) is 0 Å². The van der Waals surface area contributed by atoms with Gasteiger partial charge in [0.2, 0.25) is 11.9 Å². The fourth-order valence-corrected chi connectivity index (χ4v) is 5.35. The predicted molar refractivity (Wildman–Crippen MR) is 146 cm³/mol. The maximum Gasteiger partial charge on any atom is 0.325 e. The molecule has 38 heavy (non-hydrogen) atoms. The number of amides is 1. The third-order valence-corrected chi connectivity index (χ3v) is 7.72. The average Bonchev–Trinajstić information content (AvgIpc) is 3.61. The van der Waals surface area contributed by atoms with Gasteiger partial charge in [0.05, 0.1) is 13.4 Å². The molecule has 3 heterocycles. The molecule has 0 bridgehead atoms. The molecule has 1 aliphatic carbocycles. The van der Waals surface area contributed by atoms with E-state index in [9.17, 15) is 9.59 Å². The summed E-state index contributed by atoms with van der Waals surface area (Å²) in [5.41, 5.74) is 3.51. The highest BCUT2D eigenvalue weighted by atomic mass is 16.5. The minimum atomic E-state index is -0.372. The Hall–Kier alpha value is -3.69. The highest BCUT2D eigenvalue weighted by molar-refractivity contribution is 5.85. The Balaban J connectivity index is 1.31. The van der Waals surface area contributed by atoms with E-state index >= 15 is 0 Å². The number of imidazole rings is 1. The number of ether oxygens (including phenoxy) is 1. The molecule has 0 radical (unpaired) electrons. The third-order valence-electron chi connectivity index (χ3n) is 7.72. The second kappa shape index (κ2) is 11.8. The lowest BCUT2D eigenvalue weighted by Crippen LogP contribution is -2.49. The van der Waals surface area contributed by atoms with Crippen LogP contribution in [0, 0.1) is 12.8 Å². The van der Waals surface area contributed by atoms with Crippen molar-refractivity contribution in [3.05, 3.63) is 41.7 Å².